The summed E-state index contributed by atoms with van der Waals surface area (Å²) in [6.45, 7) is 4.56. The molecule has 3 rings (SSSR count). The summed E-state index contributed by atoms with van der Waals surface area (Å²) in [7, 11) is -3.20. The second-order valence-electron chi connectivity index (χ2n) is 6.72. The number of hydrogen-bond donors (Lipinski definition) is 1. The highest BCUT2D eigenvalue weighted by molar-refractivity contribution is 7.90. The standard InChI is InChI=1S/C21H23NO4S/c1-4-15-5-10-19-17(12-21(23)26-20(19)11-15)13-22-14(2)16-6-8-18(9-7-16)27(3,24)25/h5-12,14,22H,4,13H2,1-3H3. The number of aryl methyl sites for hydroxylation is 1. The Hall–Kier alpha value is -2.44. The number of hydrogen-bond acceptors (Lipinski definition) is 5. The maximum Gasteiger partial charge on any atom is 0.336 e. The Kier molecular flexibility index (Phi) is 5.48. The first-order chi connectivity index (χ1) is 12.8. The lowest BCUT2D eigenvalue weighted by Crippen LogP contribution is -2.19. The van der Waals surface area contributed by atoms with Crippen molar-refractivity contribution in [2.45, 2.75) is 37.8 Å². The molecule has 0 fully saturated rings. The highest BCUT2D eigenvalue weighted by atomic mass is 32.2. The SMILES string of the molecule is CCc1ccc2c(CNC(C)c3ccc(S(C)(=O)=O)cc3)cc(=O)oc2c1. The van der Waals surface area contributed by atoms with E-state index in [2.05, 4.69) is 12.2 Å². The Bertz CT molecular complexity index is 1120. The lowest BCUT2D eigenvalue weighted by molar-refractivity contribution is 0.547. The van der Waals surface area contributed by atoms with E-state index in [0.29, 0.717) is 17.0 Å². The van der Waals surface area contributed by atoms with Crippen molar-refractivity contribution in [1.82, 2.24) is 5.32 Å². The Morgan fingerprint density at radius 2 is 1.78 bits per heavy atom. The average molecular weight is 385 g/mol. The van der Waals surface area contributed by atoms with Crippen LogP contribution < -0.4 is 10.9 Å². The van der Waals surface area contributed by atoms with Gasteiger partial charge >= 0.3 is 5.63 Å². The molecule has 1 heterocycles. The summed E-state index contributed by atoms with van der Waals surface area (Å²) in [6, 6.07) is 14.3. The van der Waals surface area contributed by atoms with Gasteiger partial charge in [-0.1, -0.05) is 31.2 Å². The zero-order valence-corrected chi connectivity index (χ0v) is 16.5. The molecule has 3 aromatic rings. The summed E-state index contributed by atoms with van der Waals surface area (Å²) < 4.78 is 28.5. The summed E-state index contributed by atoms with van der Waals surface area (Å²) in [6.07, 6.45) is 2.07. The molecule has 0 amide bonds. The lowest BCUT2D eigenvalue weighted by Gasteiger charge is -2.15. The Balaban J connectivity index is 1.81. The van der Waals surface area contributed by atoms with Crippen LogP contribution >= 0.6 is 0 Å². The molecular weight excluding hydrogens is 362 g/mol. The Morgan fingerprint density at radius 3 is 2.41 bits per heavy atom. The van der Waals surface area contributed by atoms with Crippen LogP contribution in [0, 0.1) is 0 Å². The molecule has 0 aliphatic heterocycles. The van der Waals surface area contributed by atoms with Gasteiger partial charge in [-0.15, -0.1) is 0 Å². The summed E-state index contributed by atoms with van der Waals surface area (Å²) in [5.74, 6) is 0. The molecule has 0 bridgehead atoms. The normalized spacial score (nSPS) is 13.0. The monoisotopic (exact) mass is 385 g/mol. The van der Waals surface area contributed by atoms with Gasteiger partial charge in [-0.05, 0) is 48.2 Å². The molecule has 0 aliphatic carbocycles. The smallest absolute Gasteiger partial charge is 0.336 e. The topological polar surface area (TPSA) is 76.4 Å². The summed E-state index contributed by atoms with van der Waals surface area (Å²) in [5.41, 5.74) is 3.21. The van der Waals surface area contributed by atoms with Crippen LogP contribution in [-0.4, -0.2) is 14.7 Å². The van der Waals surface area contributed by atoms with E-state index in [1.165, 1.54) is 12.3 Å². The van der Waals surface area contributed by atoms with Gasteiger partial charge in [0.1, 0.15) is 5.58 Å². The molecule has 0 aliphatic rings. The largest absolute Gasteiger partial charge is 0.423 e. The first-order valence-corrected chi connectivity index (χ1v) is 10.8. The predicted molar refractivity (Wildman–Crippen MR) is 107 cm³/mol. The molecule has 0 radical (unpaired) electrons. The Morgan fingerprint density at radius 1 is 1.07 bits per heavy atom. The van der Waals surface area contributed by atoms with Crippen LogP contribution in [0.15, 0.2) is 62.6 Å². The fraction of sp³-hybridized carbons (Fsp3) is 0.286. The zero-order valence-electron chi connectivity index (χ0n) is 15.7. The van der Waals surface area contributed by atoms with Crippen molar-refractivity contribution < 1.29 is 12.8 Å². The van der Waals surface area contributed by atoms with Crippen molar-refractivity contribution >= 4 is 20.8 Å². The molecule has 6 heteroatoms. The molecule has 1 aromatic heterocycles. The predicted octanol–water partition coefficient (Wildman–Crippen LogP) is 3.61. The molecule has 0 saturated carbocycles. The van der Waals surface area contributed by atoms with Crippen LogP contribution in [0.25, 0.3) is 11.0 Å². The molecule has 1 N–H and O–H groups in total. The maximum absolute atomic E-state index is 11.9. The first-order valence-electron chi connectivity index (χ1n) is 8.87. The first kappa shape index (κ1) is 19.3. The number of fused-ring (bicyclic) bond motifs is 1. The number of rotatable bonds is 6. The van der Waals surface area contributed by atoms with Crippen molar-refractivity contribution in [3.8, 4) is 0 Å². The van der Waals surface area contributed by atoms with Crippen molar-refractivity contribution in [1.29, 1.82) is 0 Å². The molecule has 142 valence electrons. The van der Waals surface area contributed by atoms with Gasteiger partial charge in [0.25, 0.3) is 0 Å². The number of sulfone groups is 1. The number of nitrogens with one attached hydrogen (secondary N) is 1. The molecule has 0 saturated heterocycles. The second-order valence-corrected chi connectivity index (χ2v) is 8.73. The van der Waals surface area contributed by atoms with E-state index in [0.717, 1.165) is 28.5 Å². The minimum atomic E-state index is -3.20. The third kappa shape index (κ3) is 4.46. The molecular formula is C21H23NO4S. The van der Waals surface area contributed by atoms with Gasteiger partial charge in [-0.2, -0.15) is 0 Å². The summed E-state index contributed by atoms with van der Waals surface area (Å²) >= 11 is 0. The molecule has 27 heavy (non-hydrogen) atoms. The van der Waals surface area contributed by atoms with Crippen molar-refractivity contribution in [3.05, 3.63) is 75.6 Å². The molecule has 0 spiro atoms. The van der Waals surface area contributed by atoms with E-state index < -0.39 is 9.84 Å². The fourth-order valence-electron chi connectivity index (χ4n) is 3.03. The maximum atomic E-state index is 11.9. The van der Waals surface area contributed by atoms with Crippen molar-refractivity contribution in [3.63, 3.8) is 0 Å². The van der Waals surface area contributed by atoms with Crippen molar-refractivity contribution in [2.24, 2.45) is 0 Å². The van der Waals surface area contributed by atoms with E-state index in [1.54, 1.807) is 24.3 Å². The molecule has 5 nitrogen and oxygen atoms in total. The van der Waals surface area contributed by atoms with E-state index in [-0.39, 0.29) is 11.7 Å². The third-order valence-corrected chi connectivity index (χ3v) is 5.84. The van der Waals surface area contributed by atoms with Gasteiger partial charge in [0.15, 0.2) is 9.84 Å². The minimum Gasteiger partial charge on any atom is -0.423 e. The highest BCUT2D eigenvalue weighted by Crippen LogP contribution is 2.21. The highest BCUT2D eigenvalue weighted by Gasteiger charge is 2.11. The van der Waals surface area contributed by atoms with Crippen LogP contribution in [0.5, 0.6) is 0 Å². The second kappa shape index (κ2) is 7.66. The van der Waals surface area contributed by atoms with Gasteiger partial charge in [-0.3, -0.25) is 0 Å². The van der Waals surface area contributed by atoms with Gasteiger partial charge in [0, 0.05) is 30.3 Å². The summed E-state index contributed by atoms with van der Waals surface area (Å²) in [5, 5.41) is 4.31. The van der Waals surface area contributed by atoms with Crippen LogP contribution in [0.2, 0.25) is 0 Å². The average Bonchev–Trinajstić information content (AvgIpc) is 2.64. The molecule has 2 aromatic carbocycles. The fourth-order valence-corrected chi connectivity index (χ4v) is 3.66. The van der Waals surface area contributed by atoms with E-state index in [1.807, 2.05) is 25.1 Å². The van der Waals surface area contributed by atoms with Gasteiger partial charge in [0.2, 0.25) is 0 Å². The van der Waals surface area contributed by atoms with Crippen LogP contribution in [-0.2, 0) is 22.8 Å². The van der Waals surface area contributed by atoms with Crippen LogP contribution in [0.4, 0.5) is 0 Å². The quantitative estimate of drug-likeness (QED) is 0.656. The van der Waals surface area contributed by atoms with Crippen LogP contribution in [0.1, 0.15) is 36.6 Å². The van der Waals surface area contributed by atoms with Gasteiger partial charge < -0.3 is 9.73 Å². The third-order valence-electron chi connectivity index (χ3n) is 4.71. The van der Waals surface area contributed by atoms with Gasteiger partial charge in [-0.25, -0.2) is 13.2 Å². The van der Waals surface area contributed by atoms with E-state index in [9.17, 15) is 13.2 Å². The van der Waals surface area contributed by atoms with E-state index in [4.69, 9.17) is 4.42 Å². The van der Waals surface area contributed by atoms with Crippen LogP contribution in [0.3, 0.4) is 0 Å². The molecule has 1 unspecified atom stereocenters. The Labute approximate surface area is 159 Å². The minimum absolute atomic E-state index is 0.00387. The molecule has 1 atom stereocenters. The zero-order chi connectivity index (χ0) is 19.6. The number of benzene rings is 2. The van der Waals surface area contributed by atoms with E-state index >= 15 is 0 Å². The van der Waals surface area contributed by atoms with Gasteiger partial charge in [0.05, 0.1) is 4.90 Å². The lowest BCUT2D eigenvalue weighted by atomic mass is 10.0. The summed E-state index contributed by atoms with van der Waals surface area (Å²) in [4.78, 5) is 12.2. The van der Waals surface area contributed by atoms with Crippen molar-refractivity contribution in [2.75, 3.05) is 6.26 Å².